The van der Waals surface area contributed by atoms with E-state index in [2.05, 4.69) is 11.9 Å². The van der Waals surface area contributed by atoms with Crippen molar-refractivity contribution in [2.24, 2.45) is 11.7 Å². The molecule has 0 aliphatic rings. The first-order chi connectivity index (χ1) is 5.20. The number of hydrogen-bond acceptors (Lipinski definition) is 2. The second kappa shape index (κ2) is 3.53. The largest absolute Gasteiger partial charge is 0.337 e. The molecule has 2 unspecified atom stereocenters. The van der Waals surface area contributed by atoms with Crippen LogP contribution in [0.15, 0.2) is 18.7 Å². The van der Waals surface area contributed by atoms with Crippen molar-refractivity contribution in [1.29, 1.82) is 0 Å². The minimum Gasteiger partial charge on any atom is -0.337 e. The van der Waals surface area contributed by atoms with E-state index in [1.165, 1.54) is 0 Å². The van der Waals surface area contributed by atoms with Gasteiger partial charge in [0.15, 0.2) is 0 Å². The van der Waals surface area contributed by atoms with Crippen LogP contribution in [0.1, 0.15) is 13.8 Å². The third-order valence-electron chi connectivity index (χ3n) is 1.96. The number of aromatic nitrogens is 2. The van der Waals surface area contributed by atoms with Crippen LogP contribution in [-0.2, 0) is 6.54 Å². The first kappa shape index (κ1) is 8.27. The van der Waals surface area contributed by atoms with Crippen LogP contribution < -0.4 is 5.73 Å². The molecule has 0 amide bonds. The molecule has 1 rings (SSSR count). The minimum absolute atomic E-state index is 0.248. The highest BCUT2D eigenvalue weighted by Crippen LogP contribution is 2.03. The van der Waals surface area contributed by atoms with Gasteiger partial charge >= 0.3 is 0 Å². The van der Waals surface area contributed by atoms with Crippen LogP contribution in [0.3, 0.4) is 0 Å². The van der Waals surface area contributed by atoms with Crippen LogP contribution in [0.4, 0.5) is 0 Å². The van der Waals surface area contributed by atoms with Crippen molar-refractivity contribution in [2.45, 2.75) is 26.4 Å². The summed E-state index contributed by atoms with van der Waals surface area (Å²) in [4.78, 5) is 3.96. The first-order valence-electron chi connectivity index (χ1n) is 3.91. The van der Waals surface area contributed by atoms with Crippen molar-refractivity contribution in [3.8, 4) is 0 Å². The van der Waals surface area contributed by atoms with Gasteiger partial charge in [0, 0.05) is 25.0 Å². The Morgan fingerprint density at radius 1 is 1.55 bits per heavy atom. The molecule has 0 aliphatic carbocycles. The molecule has 0 saturated carbocycles. The van der Waals surface area contributed by atoms with Gasteiger partial charge in [0.05, 0.1) is 6.33 Å². The fourth-order valence-corrected chi connectivity index (χ4v) is 0.894. The number of imidazole rings is 1. The Morgan fingerprint density at radius 2 is 2.27 bits per heavy atom. The third kappa shape index (κ3) is 2.35. The summed E-state index contributed by atoms with van der Waals surface area (Å²) >= 11 is 0. The van der Waals surface area contributed by atoms with Crippen LogP contribution in [0.5, 0.6) is 0 Å². The Hall–Kier alpha value is -0.830. The minimum atomic E-state index is 0.248. The molecule has 0 radical (unpaired) electrons. The van der Waals surface area contributed by atoms with Gasteiger partial charge in [-0.15, -0.1) is 0 Å². The second-order valence-electron chi connectivity index (χ2n) is 3.10. The van der Waals surface area contributed by atoms with Crippen LogP contribution in [-0.4, -0.2) is 15.6 Å². The summed E-state index contributed by atoms with van der Waals surface area (Å²) in [5.41, 5.74) is 5.72. The summed E-state index contributed by atoms with van der Waals surface area (Å²) < 4.78 is 2.05. The van der Waals surface area contributed by atoms with Crippen molar-refractivity contribution in [3.63, 3.8) is 0 Å². The van der Waals surface area contributed by atoms with Gasteiger partial charge in [-0.05, 0) is 12.8 Å². The Balaban J connectivity index is 2.43. The molecule has 0 spiro atoms. The highest BCUT2D eigenvalue weighted by atomic mass is 15.0. The maximum Gasteiger partial charge on any atom is 0.0946 e. The SMILES string of the molecule is CC(N)C(C)Cn1ccnc1. The monoisotopic (exact) mass is 153 g/mol. The molecule has 0 aromatic carbocycles. The summed E-state index contributed by atoms with van der Waals surface area (Å²) in [6, 6.07) is 0.248. The van der Waals surface area contributed by atoms with Crippen LogP contribution in [0.25, 0.3) is 0 Å². The van der Waals surface area contributed by atoms with Gasteiger partial charge in [0.2, 0.25) is 0 Å². The van der Waals surface area contributed by atoms with E-state index in [0.29, 0.717) is 5.92 Å². The molecule has 0 saturated heterocycles. The molecular formula is C8H15N3. The van der Waals surface area contributed by atoms with Crippen molar-refractivity contribution < 1.29 is 0 Å². The van der Waals surface area contributed by atoms with Crippen molar-refractivity contribution in [2.75, 3.05) is 0 Å². The van der Waals surface area contributed by atoms with E-state index in [-0.39, 0.29) is 6.04 Å². The lowest BCUT2D eigenvalue weighted by molar-refractivity contribution is 0.416. The second-order valence-corrected chi connectivity index (χ2v) is 3.10. The van der Waals surface area contributed by atoms with Gasteiger partial charge in [0.1, 0.15) is 0 Å². The number of rotatable bonds is 3. The molecule has 2 N–H and O–H groups in total. The van der Waals surface area contributed by atoms with Gasteiger partial charge in [-0.2, -0.15) is 0 Å². The fraction of sp³-hybridized carbons (Fsp3) is 0.625. The zero-order chi connectivity index (χ0) is 8.27. The van der Waals surface area contributed by atoms with Gasteiger partial charge in [0.25, 0.3) is 0 Å². The lowest BCUT2D eigenvalue weighted by atomic mass is 10.1. The van der Waals surface area contributed by atoms with E-state index in [0.717, 1.165) is 6.54 Å². The molecule has 11 heavy (non-hydrogen) atoms. The van der Waals surface area contributed by atoms with Gasteiger partial charge in [-0.1, -0.05) is 6.92 Å². The standard InChI is InChI=1S/C8H15N3/c1-7(8(2)9)5-11-4-3-10-6-11/h3-4,6-8H,5,9H2,1-2H3. The van der Waals surface area contributed by atoms with E-state index >= 15 is 0 Å². The first-order valence-corrected chi connectivity index (χ1v) is 3.91. The lowest BCUT2D eigenvalue weighted by Crippen LogP contribution is -2.27. The molecule has 62 valence electrons. The predicted molar refractivity (Wildman–Crippen MR) is 45.0 cm³/mol. The van der Waals surface area contributed by atoms with Crippen LogP contribution in [0.2, 0.25) is 0 Å². The van der Waals surface area contributed by atoms with E-state index in [9.17, 15) is 0 Å². The Kier molecular flexibility index (Phi) is 2.65. The average Bonchev–Trinajstić information content (AvgIpc) is 2.39. The van der Waals surface area contributed by atoms with E-state index in [1.807, 2.05) is 24.0 Å². The summed E-state index contributed by atoms with van der Waals surface area (Å²) in [6.45, 7) is 5.13. The molecule has 0 fully saturated rings. The smallest absolute Gasteiger partial charge is 0.0946 e. The summed E-state index contributed by atoms with van der Waals surface area (Å²) in [5.74, 6) is 0.504. The number of nitrogens with two attached hydrogens (primary N) is 1. The maximum absolute atomic E-state index is 5.72. The zero-order valence-corrected chi connectivity index (χ0v) is 7.07. The van der Waals surface area contributed by atoms with Crippen molar-refractivity contribution in [3.05, 3.63) is 18.7 Å². The van der Waals surface area contributed by atoms with E-state index < -0.39 is 0 Å². The van der Waals surface area contributed by atoms with Gasteiger partial charge in [-0.3, -0.25) is 0 Å². The number of hydrogen-bond donors (Lipinski definition) is 1. The molecule has 1 heterocycles. The zero-order valence-electron chi connectivity index (χ0n) is 7.07. The topological polar surface area (TPSA) is 43.8 Å². The number of nitrogens with zero attached hydrogens (tertiary/aromatic N) is 2. The molecular weight excluding hydrogens is 138 g/mol. The Bertz CT molecular complexity index is 191. The Labute approximate surface area is 67.2 Å². The molecule has 0 aliphatic heterocycles. The molecule has 3 heteroatoms. The molecule has 3 nitrogen and oxygen atoms in total. The van der Waals surface area contributed by atoms with Crippen molar-refractivity contribution >= 4 is 0 Å². The fourth-order valence-electron chi connectivity index (χ4n) is 0.894. The predicted octanol–water partition coefficient (Wildman–Crippen LogP) is 0.866. The molecule has 2 atom stereocenters. The molecule has 0 bridgehead atoms. The summed E-state index contributed by atoms with van der Waals surface area (Å²) in [6.07, 6.45) is 5.56. The normalized spacial score (nSPS) is 16.3. The Morgan fingerprint density at radius 3 is 2.73 bits per heavy atom. The van der Waals surface area contributed by atoms with Crippen LogP contribution >= 0.6 is 0 Å². The molecule has 1 aromatic rings. The van der Waals surface area contributed by atoms with E-state index in [4.69, 9.17) is 5.73 Å². The van der Waals surface area contributed by atoms with Crippen molar-refractivity contribution in [1.82, 2.24) is 9.55 Å². The summed E-state index contributed by atoms with van der Waals surface area (Å²) in [5, 5.41) is 0. The highest BCUT2D eigenvalue weighted by molar-refractivity contribution is 4.76. The van der Waals surface area contributed by atoms with Gasteiger partial charge in [-0.25, -0.2) is 4.98 Å². The molecule has 1 aromatic heterocycles. The third-order valence-corrected chi connectivity index (χ3v) is 1.96. The summed E-state index contributed by atoms with van der Waals surface area (Å²) in [7, 11) is 0. The van der Waals surface area contributed by atoms with Gasteiger partial charge < -0.3 is 10.3 Å². The van der Waals surface area contributed by atoms with Crippen LogP contribution in [0, 0.1) is 5.92 Å². The lowest BCUT2D eigenvalue weighted by Gasteiger charge is -2.15. The van der Waals surface area contributed by atoms with E-state index in [1.54, 1.807) is 6.20 Å². The quantitative estimate of drug-likeness (QED) is 0.700. The average molecular weight is 153 g/mol. The maximum atomic E-state index is 5.72. The highest BCUT2D eigenvalue weighted by Gasteiger charge is 2.06.